The maximum atomic E-state index is 13.5. The van der Waals surface area contributed by atoms with E-state index in [1.54, 1.807) is 7.05 Å². The van der Waals surface area contributed by atoms with E-state index in [9.17, 15) is 18.7 Å². The van der Waals surface area contributed by atoms with Crippen LogP contribution in [-0.4, -0.2) is 29.6 Å². The van der Waals surface area contributed by atoms with Crippen molar-refractivity contribution >= 4 is 5.91 Å². The highest BCUT2D eigenvalue weighted by molar-refractivity contribution is 5.83. The summed E-state index contributed by atoms with van der Waals surface area (Å²) in [6.07, 6.45) is 2.21. The van der Waals surface area contributed by atoms with Crippen molar-refractivity contribution in [1.29, 1.82) is 0 Å². The Morgan fingerprint density at radius 1 is 1.42 bits per heavy atom. The smallest absolute Gasteiger partial charge is 0.231 e. The molecule has 3 nitrogen and oxygen atoms in total. The number of halogens is 2. The second kappa shape index (κ2) is 5.25. The van der Waals surface area contributed by atoms with E-state index in [1.165, 1.54) is 4.90 Å². The highest BCUT2D eigenvalue weighted by Crippen LogP contribution is 2.42. The molecule has 1 aromatic rings. The molecule has 0 aliphatic heterocycles. The van der Waals surface area contributed by atoms with Crippen LogP contribution in [0.1, 0.15) is 24.8 Å². The van der Waals surface area contributed by atoms with Gasteiger partial charge in [-0.1, -0.05) is 6.42 Å². The Morgan fingerprint density at radius 3 is 2.63 bits per heavy atom. The van der Waals surface area contributed by atoms with Crippen LogP contribution in [-0.2, 0) is 11.3 Å². The second-order valence-electron chi connectivity index (χ2n) is 5.19. The summed E-state index contributed by atoms with van der Waals surface area (Å²) < 4.78 is 26.6. The topological polar surface area (TPSA) is 40.5 Å². The van der Waals surface area contributed by atoms with Gasteiger partial charge in [-0.15, -0.1) is 0 Å². The third-order valence-electron chi connectivity index (χ3n) is 3.83. The predicted octanol–water partition coefficient (Wildman–Crippen LogP) is 2.09. The van der Waals surface area contributed by atoms with Crippen LogP contribution >= 0.6 is 0 Å². The molecule has 1 saturated carbocycles. The van der Waals surface area contributed by atoms with E-state index < -0.39 is 17.0 Å². The minimum Gasteiger partial charge on any atom is -0.395 e. The highest BCUT2D eigenvalue weighted by Gasteiger charge is 2.45. The Bertz CT molecular complexity index is 481. The van der Waals surface area contributed by atoms with Crippen molar-refractivity contribution in [3.05, 3.63) is 35.4 Å². The van der Waals surface area contributed by atoms with Crippen molar-refractivity contribution in [1.82, 2.24) is 4.90 Å². The number of hydrogen-bond donors (Lipinski definition) is 1. The van der Waals surface area contributed by atoms with Crippen molar-refractivity contribution in [3.8, 4) is 0 Å². The molecule has 0 unspecified atom stereocenters. The summed E-state index contributed by atoms with van der Waals surface area (Å²) in [5.41, 5.74) is -0.568. The Balaban J connectivity index is 2.10. The molecule has 19 heavy (non-hydrogen) atoms. The molecule has 1 fully saturated rings. The van der Waals surface area contributed by atoms with Gasteiger partial charge in [-0.2, -0.15) is 0 Å². The van der Waals surface area contributed by atoms with Crippen molar-refractivity contribution in [2.24, 2.45) is 5.41 Å². The first kappa shape index (κ1) is 13.9. The van der Waals surface area contributed by atoms with Crippen molar-refractivity contribution in [2.75, 3.05) is 13.7 Å². The molecule has 0 bridgehead atoms. The molecule has 0 atom stereocenters. The van der Waals surface area contributed by atoms with Crippen LogP contribution in [0.15, 0.2) is 18.2 Å². The summed E-state index contributed by atoms with van der Waals surface area (Å²) in [5.74, 6) is -1.27. The Kier molecular flexibility index (Phi) is 3.85. The normalized spacial score (nSPS) is 16.8. The van der Waals surface area contributed by atoms with Gasteiger partial charge in [-0.25, -0.2) is 8.78 Å². The number of aliphatic hydroxyl groups is 1. The zero-order valence-electron chi connectivity index (χ0n) is 10.8. The van der Waals surface area contributed by atoms with Gasteiger partial charge >= 0.3 is 0 Å². The van der Waals surface area contributed by atoms with Gasteiger partial charge in [0, 0.05) is 19.2 Å². The maximum Gasteiger partial charge on any atom is 0.231 e. The van der Waals surface area contributed by atoms with E-state index in [0.29, 0.717) is 12.8 Å². The summed E-state index contributed by atoms with van der Waals surface area (Å²) in [5, 5.41) is 9.34. The van der Waals surface area contributed by atoms with E-state index in [1.807, 2.05) is 0 Å². The fourth-order valence-corrected chi connectivity index (χ4v) is 2.44. The molecule has 0 heterocycles. The van der Waals surface area contributed by atoms with E-state index in [0.717, 1.165) is 24.6 Å². The molecule has 0 aromatic heterocycles. The van der Waals surface area contributed by atoms with Gasteiger partial charge in [-0.05, 0) is 31.0 Å². The maximum absolute atomic E-state index is 13.5. The number of hydrogen-bond acceptors (Lipinski definition) is 2. The first-order valence-corrected chi connectivity index (χ1v) is 6.29. The molecule has 1 aliphatic carbocycles. The van der Waals surface area contributed by atoms with Gasteiger partial charge in [0.05, 0.1) is 12.0 Å². The molecule has 5 heteroatoms. The average Bonchev–Trinajstić information content (AvgIpc) is 2.33. The molecule has 1 aliphatic rings. The summed E-state index contributed by atoms with van der Waals surface area (Å²) in [7, 11) is 1.54. The minimum absolute atomic E-state index is 0.00414. The number of amides is 1. The van der Waals surface area contributed by atoms with Crippen LogP contribution in [0.25, 0.3) is 0 Å². The number of carbonyl (C=O) groups excluding carboxylic acids is 1. The zero-order chi connectivity index (χ0) is 14.0. The second-order valence-corrected chi connectivity index (χ2v) is 5.19. The van der Waals surface area contributed by atoms with Crippen molar-refractivity contribution in [2.45, 2.75) is 25.8 Å². The lowest BCUT2D eigenvalue weighted by atomic mass is 9.68. The summed E-state index contributed by atoms with van der Waals surface area (Å²) in [4.78, 5) is 13.6. The first-order chi connectivity index (χ1) is 8.98. The zero-order valence-corrected chi connectivity index (χ0v) is 10.8. The Hall–Kier alpha value is -1.49. The molecule has 0 spiro atoms. The lowest BCUT2D eigenvalue weighted by Crippen LogP contribution is -2.48. The van der Waals surface area contributed by atoms with Gasteiger partial charge < -0.3 is 10.0 Å². The number of aliphatic hydroxyl groups excluding tert-OH is 1. The van der Waals surface area contributed by atoms with Crippen LogP contribution in [0.2, 0.25) is 0 Å². The molecule has 1 amide bonds. The lowest BCUT2D eigenvalue weighted by Gasteiger charge is -2.41. The first-order valence-electron chi connectivity index (χ1n) is 6.29. The summed E-state index contributed by atoms with van der Waals surface area (Å²) in [6, 6.07) is 3.18. The average molecular weight is 269 g/mol. The van der Waals surface area contributed by atoms with Crippen molar-refractivity contribution < 1.29 is 18.7 Å². The molecular weight excluding hydrogens is 252 g/mol. The summed E-state index contributed by atoms with van der Waals surface area (Å²) >= 11 is 0. The number of carbonyl (C=O) groups is 1. The molecule has 104 valence electrons. The van der Waals surface area contributed by atoms with Crippen LogP contribution in [0.5, 0.6) is 0 Å². The van der Waals surface area contributed by atoms with E-state index >= 15 is 0 Å². The summed E-state index contributed by atoms with van der Waals surface area (Å²) in [6.45, 7) is -0.189. The SMILES string of the molecule is CN(Cc1cc(F)ccc1F)C(=O)C1(CO)CCC1. The number of benzene rings is 1. The number of rotatable bonds is 4. The third-order valence-corrected chi connectivity index (χ3v) is 3.83. The number of nitrogens with zero attached hydrogens (tertiary/aromatic N) is 1. The van der Waals surface area contributed by atoms with Crippen LogP contribution in [0.3, 0.4) is 0 Å². The molecule has 0 radical (unpaired) electrons. The lowest BCUT2D eigenvalue weighted by molar-refractivity contribution is -0.150. The minimum atomic E-state index is -0.710. The van der Waals surface area contributed by atoms with Crippen LogP contribution < -0.4 is 0 Å². The van der Waals surface area contributed by atoms with E-state index in [4.69, 9.17) is 0 Å². The predicted molar refractivity (Wildman–Crippen MR) is 66.2 cm³/mol. The van der Waals surface area contributed by atoms with Gasteiger partial charge in [0.25, 0.3) is 0 Å². The van der Waals surface area contributed by atoms with E-state index in [2.05, 4.69) is 0 Å². The molecule has 1 aromatic carbocycles. The largest absolute Gasteiger partial charge is 0.395 e. The Morgan fingerprint density at radius 2 is 2.11 bits per heavy atom. The standard InChI is InChI=1S/C14H17F2NO2/c1-17(13(19)14(9-18)5-2-6-14)8-10-7-11(15)3-4-12(10)16/h3-4,7,18H,2,5-6,8-9H2,1H3. The fraction of sp³-hybridized carbons (Fsp3) is 0.500. The van der Waals surface area contributed by atoms with E-state index in [-0.39, 0.29) is 24.6 Å². The molecular formula is C14H17F2NO2. The Labute approximate surface area is 110 Å². The molecule has 1 N–H and O–H groups in total. The quantitative estimate of drug-likeness (QED) is 0.909. The van der Waals surface area contributed by atoms with Gasteiger partial charge in [0.2, 0.25) is 5.91 Å². The third kappa shape index (κ3) is 2.61. The van der Waals surface area contributed by atoms with Crippen LogP contribution in [0, 0.1) is 17.0 Å². The molecule has 0 saturated heterocycles. The molecule has 2 rings (SSSR count). The van der Waals surface area contributed by atoms with Gasteiger partial charge in [-0.3, -0.25) is 4.79 Å². The van der Waals surface area contributed by atoms with Gasteiger partial charge in [0.15, 0.2) is 0 Å². The fourth-order valence-electron chi connectivity index (χ4n) is 2.44. The monoisotopic (exact) mass is 269 g/mol. The highest BCUT2D eigenvalue weighted by atomic mass is 19.1. The van der Waals surface area contributed by atoms with Gasteiger partial charge in [0.1, 0.15) is 11.6 Å². The van der Waals surface area contributed by atoms with Crippen LogP contribution in [0.4, 0.5) is 8.78 Å². The van der Waals surface area contributed by atoms with Crippen molar-refractivity contribution in [3.63, 3.8) is 0 Å².